The lowest BCUT2D eigenvalue weighted by molar-refractivity contribution is 0.183. The number of aromatic nitrogens is 3. The van der Waals surface area contributed by atoms with Gasteiger partial charge < -0.3 is 10.1 Å². The summed E-state index contributed by atoms with van der Waals surface area (Å²) in [6, 6.07) is 3.60. The first-order valence-electron chi connectivity index (χ1n) is 5.18. The number of hydrogen-bond donors (Lipinski definition) is 1. The van der Waals surface area contributed by atoms with E-state index in [1.54, 1.807) is 25.6 Å². The number of rotatable bonds is 5. The summed E-state index contributed by atoms with van der Waals surface area (Å²) in [7, 11) is 1.67. The molecule has 0 saturated carbocycles. The Bertz CT molecular complexity index is 469. The zero-order valence-corrected chi connectivity index (χ0v) is 10.2. The number of hydrogen-bond acceptors (Lipinski definition) is 4. The first-order chi connectivity index (χ1) is 8.28. The van der Waals surface area contributed by atoms with E-state index in [0.717, 1.165) is 18.1 Å². The van der Waals surface area contributed by atoms with Gasteiger partial charge in [0.05, 0.1) is 30.1 Å². The third kappa shape index (κ3) is 3.44. The topological polar surface area (TPSA) is 52.0 Å². The van der Waals surface area contributed by atoms with Gasteiger partial charge in [0.25, 0.3) is 0 Å². The summed E-state index contributed by atoms with van der Waals surface area (Å²) in [4.78, 5) is 4.14. The minimum atomic E-state index is 0.617. The molecular weight excluding hydrogens is 240 g/mol. The van der Waals surface area contributed by atoms with Gasteiger partial charge in [-0.2, -0.15) is 5.10 Å². The maximum Gasteiger partial charge on any atom is 0.130 e. The molecule has 0 aromatic carbocycles. The van der Waals surface area contributed by atoms with Gasteiger partial charge in [-0.1, -0.05) is 11.6 Å². The minimum absolute atomic E-state index is 0.617. The van der Waals surface area contributed by atoms with Crippen molar-refractivity contribution in [2.75, 3.05) is 19.0 Å². The Kier molecular flexibility index (Phi) is 3.95. The normalized spacial score (nSPS) is 10.5. The molecule has 0 bridgehead atoms. The van der Waals surface area contributed by atoms with Crippen LogP contribution in [0, 0.1) is 0 Å². The Balaban J connectivity index is 1.98. The number of nitrogens with zero attached hydrogens (tertiary/aromatic N) is 3. The molecule has 6 heteroatoms. The SMILES string of the molecule is COCCn1cc(Nc2ccc(Cl)cn2)cn1. The molecule has 0 aliphatic rings. The van der Waals surface area contributed by atoms with Crippen LogP contribution >= 0.6 is 11.6 Å². The number of nitrogens with one attached hydrogen (secondary N) is 1. The highest BCUT2D eigenvalue weighted by atomic mass is 35.5. The Labute approximate surface area is 104 Å². The van der Waals surface area contributed by atoms with Crippen LogP contribution in [0.2, 0.25) is 5.02 Å². The van der Waals surface area contributed by atoms with E-state index in [0.29, 0.717) is 11.6 Å². The van der Waals surface area contributed by atoms with Crippen LogP contribution < -0.4 is 5.32 Å². The second kappa shape index (κ2) is 5.65. The molecule has 0 unspecified atom stereocenters. The second-order valence-electron chi connectivity index (χ2n) is 3.47. The van der Waals surface area contributed by atoms with Gasteiger partial charge in [0.1, 0.15) is 5.82 Å². The van der Waals surface area contributed by atoms with Gasteiger partial charge in [0.15, 0.2) is 0 Å². The van der Waals surface area contributed by atoms with Gasteiger partial charge >= 0.3 is 0 Å². The summed E-state index contributed by atoms with van der Waals surface area (Å²) >= 11 is 5.76. The molecule has 0 aliphatic heterocycles. The number of methoxy groups -OCH3 is 1. The molecule has 0 amide bonds. The molecule has 0 saturated heterocycles. The van der Waals surface area contributed by atoms with Crippen LogP contribution in [0.1, 0.15) is 0 Å². The van der Waals surface area contributed by atoms with E-state index in [1.165, 1.54) is 0 Å². The van der Waals surface area contributed by atoms with Crippen molar-refractivity contribution < 1.29 is 4.74 Å². The van der Waals surface area contributed by atoms with Gasteiger partial charge in [-0.3, -0.25) is 4.68 Å². The molecule has 90 valence electrons. The zero-order chi connectivity index (χ0) is 12.1. The van der Waals surface area contributed by atoms with Crippen molar-refractivity contribution in [1.82, 2.24) is 14.8 Å². The van der Waals surface area contributed by atoms with E-state index in [9.17, 15) is 0 Å². The third-order valence-corrected chi connectivity index (χ3v) is 2.38. The van der Waals surface area contributed by atoms with Crippen molar-refractivity contribution in [3.8, 4) is 0 Å². The minimum Gasteiger partial charge on any atom is -0.383 e. The van der Waals surface area contributed by atoms with E-state index < -0.39 is 0 Å². The molecule has 17 heavy (non-hydrogen) atoms. The number of ether oxygens (including phenoxy) is 1. The third-order valence-electron chi connectivity index (χ3n) is 2.16. The fourth-order valence-electron chi connectivity index (χ4n) is 1.33. The van der Waals surface area contributed by atoms with E-state index in [2.05, 4.69) is 15.4 Å². The summed E-state index contributed by atoms with van der Waals surface area (Å²) in [5.74, 6) is 0.737. The van der Waals surface area contributed by atoms with Crippen LogP contribution in [-0.4, -0.2) is 28.5 Å². The molecule has 2 aromatic rings. The fraction of sp³-hybridized carbons (Fsp3) is 0.273. The molecule has 0 spiro atoms. The van der Waals surface area contributed by atoms with Gasteiger partial charge in [-0.25, -0.2) is 4.98 Å². The fourth-order valence-corrected chi connectivity index (χ4v) is 1.44. The monoisotopic (exact) mass is 252 g/mol. The van der Waals surface area contributed by atoms with Crippen LogP contribution in [0.25, 0.3) is 0 Å². The van der Waals surface area contributed by atoms with Crippen LogP contribution in [-0.2, 0) is 11.3 Å². The molecule has 2 heterocycles. The lowest BCUT2D eigenvalue weighted by Crippen LogP contribution is -2.03. The van der Waals surface area contributed by atoms with Gasteiger partial charge in [0, 0.05) is 19.5 Å². The predicted octanol–water partition coefficient (Wildman–Crippen LogP) is 2.32. The van der Waals surface area contributed by atoms with Gasteiger partial charge in [-0.15, -0.1) is 0 Å². The first kappa shape index (κ1) is 11.9. The van der Waals surface area contributed by atoms with E-state index in [-0.39, 0.29) is 0 Å². The lowest BCUT2D eigenvalue weighted by Gasteiger charge is -2.01. The standard InChI is InChI=1S/C11H13ClN4O/c1-17-5-4-16-8-10(7-14-16)15-11-3-2-9(12)6-13-11/h2-3,6-8H,4-5H2,1H3,(H,13,15). The Hall–Kier alpha value is -1.59. The predicted molar refractivity (Wildman–Crippen MR) is 66.6 cm³/mol. The summed E-state index contributed by atoms with van der Waals surface area (Å²) in [5, 5.41) is 7.94. The van der Waals surface area contributed by atoms with Crippen LogP contribution in [0.4, 0.5) is 11.5 Å². The Morgan fingerprint density at radius 1 is 1.41 bits per heavy atom. The van der Waals surface area contributed by atoms with Gasteiger partial charge in [-0.05, 0) is 12.1 Å². The molecule has 0 atom stereocenters. The largest absolute Gasteiger partial charge is 0.383 e. The smallest absolute Gasteiger partial charge is 0.130 e. The van der Waals surface area contributed by atoms with Crippen molar-refractivity contribution in [1.29, 1.82) is 0 Å². The molecule has 0 fully saturated rings. The Morgan fingerprint density at radius 3 is 3.00 bits per heavy atom. The molecule has 0 aliphatic carbocycles. The molecule has 2 aromatic heterocycles. The van der Waals surface area contributed by atoms with Crippen molar-refractivity contribution in [2.24, 2.45) is 0 Å². The van der Waals surface area contributed by atoms with Gasteiger partial charge in [0.2, 0.25) is 0 Å². The van der Waals surface area contributed by atoms with Crippen molar-refractivity contribution in [3.63, 3.8) is 0 Å². The van der Waals surface area contributed by atoms with E-state index >= 15 is 0 Å². The Morgan fingerprint density at radius 2 is 2.29 bits per heavy atom. The van der Waals surface area contributed by atoms with E-state index in [1.807, 2.05) is 16.9 Å². The highest BCUT2D eigenvalue weighted by Crippen LogP contribution is 2.15. The summed E-state index contributed by atoms with van der Waals surface area (Å²) in [5.41, 5.74) is 0.885. The lowest BCUT2D eigenvalue weighted by atomic mass is 10.4. The summed E-state index contributed by atoms with van der Waals surface area (Å²) in [6.07, 6.45) is 5.24. The van der Waals surface area contributed by atoms with Crippen molar-refractivity contribution in [2.45, 2.75) is 6.54 Å². The van der Waals surface area contributed by atoms with Crippen LogP contribution in [0.15, 0.2) is 30.7 Å². The molecule has 1 N–H and O–H groups in total. The maximum atomic E-state index is 5.76. The second-order valence-corrected chi connectivity index (χ2v) is 3.91. The average molecular weight is 253 g/mol. The van der Waals surface area contributed by atoms with Crippen molar-refractivity contribution >= 4 is 23.1 Å². The summed E-state index contributed by atoms with van der Waals surface area (Å²) in [6.45, 7) is 1.37. The number of anilines is 2. The highest BCUT2D eigenvalue weighted by molar-refractivity contribution is 6.30. The first-order valence-corrected chi connectivity index (χ1v) is 5.56. The average Bonchev–Trinajstić information content (AvgIpc) is 2.77. The zero-order valence-electron chi connectivity index (χ0n) is 9.43. The number of halogens is 1. The molecule has 0 radical (unpaired) electrons. The molecular formula is C11H13ClN4O. The van der Waals surface area contributed by atoms with Crippen LogP contribution in [0.5, 0.6) is 0 Å². The molecule has 5 nitrogen and oxygen atoms in total. The quantitative estimate of drug-likeness (QED) is 0.887. The molecule has 2 rings (SSSR count). The maximum absolute atomic E-state index is 5.76. The number of pyridine rings is 1. The summed E-state index contributed by atoms with van der Waals surface area (Å²) < 4.78 is 6.79. The highest BCUT2D eigenvalue weighted by Gasteiger charge is 2.00. The van der Waals surface area contributed by atoms with Crippen LogP contribution in [0.3, 0.4) is 0 Å². The van der Waals surface area contributed by atoms with E-state index in [4.69, 9.17) is 16.3 Å². The van der Waals surface area contributed by atoms with Crippen molar-refractivity contribution in [3.05, 3.63) is 35.7 Å².